The van der Waals surface area contributed by atoms with Gasteiger partial charge >= 0.3 is 0 Å². The lowest BCUT2D eigenvalue weighted by Crippen LogP contribution is -2.59. The van der Waals surface area contributed by atoms with Gasteiger partial charge in [0, 0.05) is 25.8 Å². The van der Waals surface area contributed by atoms with Crippen LogP contribution in [0, 0.1) is 0 Å². The van der Waals surface area contributed by atoms with E-state index in [2.05, 4.69) is 13.8 Å². The zero-order chi connectivity index (χ0) is 12.2. The Morgan fingerprint density at radius 2 is 2.00 bits per heavy atom. The maximum absolute atomic E-state index is 12.4. The molecule has 1 unspecified atom stereocenters. The summed E-state index contributed by atoms with van der Waals surface area (Å²) in [5.74, 6) is 0.0904. The Morgan fingerprint density at radius 3 is 2.44 bits per heavy atom. The number of carbonyl (C=O) groups is 1. The molecule has 0 aromatic heterocycles. The van der Waals surface area contributed by atoms with E-state index in [-0.39, 0.29) is 11.9 Å². The van der Waals surface area contributed by atoms with E-state index in [0.29, 0.717) is 26.1 Å². The van der Waals surface area contributed by atoms with E-state index in [9.17, 15) is 4.79 Å². The molecule has 0 aromatic carbocycles. The molecular weight excluding hydrogens is 204 g/mol. The first-order chi connectivity index (χ1) is 7.55. The quantitative estimate of drug-likeness (QED) is 0.785. The van der Waals surface area contributed by atoms with Crippen molar-refractivity contribution in [3.05, 3.63) is 0 Å². The minimum Gasteiger partial charge on any atom is -0.381 e. The molecule has 94 valence electrons. The lowest BCUT2D eigenvalue weighted by atomic mass is 9.89. The summed E-state index contributed by atoms with van der Waals surface area (Å²) in [6.45, 7) is 8.10. The van der Waals surface area contributed by atoms with Gasteiger partial charge in [-0.1, -0.05) is 6.92 Å². The summed E-state index contributed by atoms with van der Waals surface area (Å²) in [4.78, 5) is 14.3. The molecule has 0 spiro atoms. The highest BCUT2D eigenvalue weighted by molar-refractivity contribution is 5.86. The number of amides is 1. The van der Waals surface area contributed by atoms with E-state index >= 15 is 0 Å². The molecule has 1 aliphatic rings. The van der Waals surface area contributed by atoms with Crippen molar-refractivity contribution < 1.29 is 9.53 Å². The first kappa shape index (κ1) is 13.5. The molecule has 1 rings (SSSR count). The highest BCUT2D eigenvalue weighted by Crippen LogP contribution is 2.22. The van der Waals surface area contributed by atoms with Crippen LogP contribution < -0.4 is 5.73 Å². The second kappa shape index (κ2) is 5.64. The third-order valence-electron chi connectivity index (χ3n) is 3.54. The van der Waals surface area contributed by atoms with Crippen LogP contribution in [0.25, 0.3) is 0 Å². The molecule has 4 heteroatoms. The van der Waals surface area contributed by atoms with Gasteiger partial charge < -0.3 is 15.4 Å². The third kappa shape index (κ3) is 2.74. The number of likely N-dealkylation sites (N-methyl/N-ethyl adjacent to an activating group) is 1. The van der Waals surface area contributed by atoms with Gasteiger partial charge in [-0.2, -0.15) is 0 Å². The summed E-state index contributed by atoms with van der Waals surface area (Å²) >= 11 is 0. The van der Waals surface area contributed by atoms with Gasteiger partial charge in [-0.15, -0.1) is 0 Å². The Morgan fingerprint density at radius 1 is 1.44 bits per heavy atom. The number of hydrogen-bond donors (Lipinski definition) is 1. The third-order valence-corrected chi connectivity index (χ3v) is 3.54. The Hall–Kier alpha value is -0.610. The molecule has 2 N–H and O–H groups in total. The fraction of sp³-hybridized carbons (Fsp3) is 0.917. The Labute approximate surface area is 98.1 Å². The van der Waals surface area contributed by atoms with E-state index in [1.807, 2.05) is 11.8 Å². The minimum absolute atomic E-state index is 0.0904. The van der Waals surface area contributed by atoms with Crippen molar-refractivity contribution in [3.8, 4) is 0 Å². The molecule has 1 heterocycles. The molecule has 4 nitrogen and oxygen atoms in total. The average molecular weight is 228 g/mol. The van der Waals surface area contributed by atoms with Crippen molar-refractivity contribution in [2.75, 3.05) is 19.8 Å². The molecule has 16 heavy (non-hydrogen) atoms. The molecule has 1 amide bonds. The highest BCUT2D eigenvalue weighted by Gasteiger charge is 2.39. The van der Waals surface area contributed by atoms with Gasteiger partial charge in [-0.25, -0.2) is 0 Å². The molecular formula is C12H24N2O2. The van der Waals surface area contributed by atoms with Crippen LogP contribution in [0.3, 0.4) is 0 Å². The predicted molar refractivity (Wildman–Crippen MR) is 64.1 cm³/mol. The highest BCUT2D eigenvalue weighted by atomic mass is 16.5. The normalized spacial score (nSPS) is 21.5. The Kier molecular flexibility index (Phi) is 4.74. The maximum atomic E-state index is 12.4. The van der Waals surface area contributed by atoms with Gasteiger partial charge in [0.1, 0.15) is 0 Å². The van der Waals surface area contributed by atoms with Crippen molar-refractivity contribution in [2.45, 2.75) is 51.6 Å². The minimum atomic E-state index is -0.697. The van der Waals surface area contributed by atoms with E-state index in [0.717, 1.165) is 13.0 Å². The van der Waals surface area contributed by atoms with Gasteiger partial charge in [0.05, 0.1) is 5.54 Å². The van der Waals surface area contributed by atoms with Gasteiger partial charge in [0.15, 0.2) is 0 Å². The number of ether oxygens (including phenoxy) is 1. The standard InChI is InChI=1S/C12H24N2O2/c1-4-10(3)14(5-2)11(15)12(13)6-8-16-9-7-12/h10H,4-9,13H2,1-3H3. The summed E-state index contributed by atoms with van der Waals surface area (Å²) in [6, 6.07) is 0.265. The summed E-state index contributed by atoms with van der Waals surface area (Å²) in [6.07, 6.45) is 2.24. The molecule has 0 radical (unpaired) electrons. The molecule has 1 aliphatic heterocycles. The number of hydrogen-bond acceptors (Lipinski definition) is 3. The van der Waals surface area contributed by atoms with E-state index < -0.39 is 5.54 Å². The molecule has 1 fully saturated rings. The lowest BCUT2D eigenvalue weighted by Gasteiger charge is -2.38. The molecule has 1 atom stereocenters. The van der Waals surface area contributed by atoms with Gasteiger partial charge in [0.2, 0.25) is 5.91 Å². The largest absolute Gasteiger partial charge is 0.381 e. The predicted octanol–water partition coefficient (Wildman–Crippen LogP) is 1.14. The topological polar surface area (TPSA) is 55.6 Å². The Bertz CT molecular complexity index is 237. The van der Waals surface area contributed by atoms with Crippen LogP contribution in [0.15, 0.2) is 0 Å². The maximum Gasteiger partial charge on any atom is 0.243 e. The van der Waals surface area contributed by atoms with Gasteiger partial charge in [0.25, 0.3) is 0 Å². The second-order valence-electron chi connectivity index (χ2n) is 4.62. The first-order valence-electron chi connectivity index (χ1n) is 6.23. The van der Waals surface area contributed by atoms with Crippen LogP contribution in [0.2, 0.25) is 0 Å². The van der Waals surface area contributed by atoms with Crippen LogP contribution in [-0.4, -0.2) is 42.1 Å². The lowest BCUT2D eigenvalue weighted by molar-refractivity contribution is -0.142. The van der Waals surface area contributed by atoms with E-state index in [1.54, 1.807) is 0 Å². The number of nitrogens with zero attached hydrogens (tertiary/aromatic N) is 1. The van der Waals surface area contributed by atoms with Gasteiger partial charge in [-0.05, 0) is 33.1 Å². The fourth-order valence-corrected chi connectivity index (χ4v) is 2.11. The number of rotatable bonds is 4. The van der Waals surface area contributed by atoms with Crippen molar-refractivity contribution in [3.63, 3.8) is 0 Å². The van der Waals surface area contributed by atoms with Crippen LogP contribution >= 0.6 is 0 Å². The SMILES string of the molecule is CCC(C)N(CC)C(=O)C1(N)CCOCC1. The van der Waals surface area contributed by atoms with Crippen molar-refractivity contribution in [1.29, 1.82) is 0 Å². The fourth-order valence-electron chi connectivity index (χ4n) is 2.11. The van der Waals surface area contributed by atoms with Crippen LogP contribution in [0.5, 0.6) is 0 Å². The van der Waals surface area contributed by atoms with E-state index in [4.69, 9.17) is 10.5 Å². The first-order valence-corrected chi connectivity index (χ1v) is 6.23. The summed E-state index contributed by atoms with van der Waals surface area (Å²) in [5.41, 5.74) is 5.50. The van der Waals surface area contributed by atoms with Crippen molar-refractivity contribution in [1.82, 2.24) is 4.90 Å². The average Bonchev–Trinajstić information content (AvgIpc) is 2.30. The zero-order valence-corrected chi connectivity index (χ0v) is 10.7. The molecule has 0 aromatic rings. The number of carbonyl (C=O) groups excluding carboxylic acids is 1. The monoisotopic (exact) mass is 228 g/mol. The zero-order valence-electron chi connectivity index (χ0n) is 10.7. The summed E-state index contributed by atoms with van der Waals surface area (Å²) in [5, 5.41) is 0. The van der Waals surface area contributed by atoms with Crippen LogP contribution in [0.4, 0.5) is 0 Å². The van der Waals surface area contributed by atoms with Crippen LogP contribution in [-0.2, 0) is 9.53 Å². The summed E-state index contributed by atoms with van der Waals surface area (Å²) in [7, 11) is 0. The molecule has 0 bridgehead atoms. The van der Waals surface area contributed by atoms with Crippen LogP contribution in [0.1, 0.15) is 40.0 Å². The Balaban J connectivity index is 2.73. The molecule has 0 aliphatic carbocycles. The molecule has 1 saturated heterocycles. The smallest absolute Gasteiger partial charge is 0.243 e. The number of nitrogens with two attached hydrogens (primary N) is 1. The van der Waals surface area contributed by atoms with Crippen molar-refractivity contribution >= 4 is 5.91 Å². The van der Waals surface area contributed by atoms with Crippen molar-refractivity contribution in [2.24, 2.45) is 5.73 Å². The van der Waals surface area contributed by atoms with E-state index in [1.165, 1.54) is 0 Å². The molecule has 0 saturated carbocycles. The second-order valence-corrected chi connectivity index (χ2v) is 4.62. The van der Waals surface area contributed by atoms with Gasteiger partial charge in [-0.3, -0.25) is 4.79 Å². The summed E-state index contributed by atoms with van der Waals surface area (Å²) < 4.78 is 5.26.